The van der Waals surface area contributed by atoms with Gasteiger partial charge in [-0.2, -0.15) is 0 Å². The van der Waals surface area contributed by atoms with Gasteiger partial charge in [0.05, 0.1) is 11.7 Å². The van der Waals surface area contributed by atoms with Gasteiger partial charge in [-0.25, -0.2) is 0 Å². The Labute approximate surface area is 164 Å². The van der Waals surface area contributed by atoms with Crippen LogP contribution in [0.15, 0.2) is 29.8 Å². The summed E-state index contributed by atoms with van der Waals surface area (Å²) < 4.78 is 5.58. The highest BCUT2D eigenvalue weighted by atomic mass is 16.5. The largest absolute Gasteiger partial charge is 0.385 e. The number of likely N-dealkylation sites (tertiary alicyclic amines) is 1. The first-order chi connectivity index (χ1) is 13.2. The summed E-state index contributed by atoms with van der Waals surface area (Å²) in [6.45, 7) is 2.46. The van der Waals surface area contributed by atoms with Crippen LogP contribution >= 0.6 is 0 Å². The van der Waals surface area contributed by atoms with Crippen molar-refractivity contribution >= 4 is 6.08 Å². The molecule has 0 bridgehead atoms. The SMILES string of the molecule is COC1CCCCC(O)(c2ccc(C=C3CCN(C4CCC4)CC3)cc2)C1. The van der Waals surface area contributed by atoms with E-state index in [-0.39, 0.29) is 6.10 Å². The maximum atomic E-state index is 11.2. The summed E-state index contributed by atoms with van der Waals surface area (Å²) in [7, 11) is 1.77. The quantitative estimate of drug-likeness (QED) is 0.768. The first kappa shape index (κ1) is 19.2. The van der Waals surface area contributed by atoms with Crippen LogP contribution in [0.5, 0.6) is 0 Å². The van der Waals surface area contributed by atoms with Crippen LogP contribution in [-0.4, -0.2) is 42.4 Å². The van der Waals surface area contributed by atoms with Gasteiger partial charge in [-0.1, -0.05) is 55.2 Å². The minimum absolute atomic E-state index is 0.167. The monoisotopic (exact) mass is 369 g/mol. The molecule has 0 spiro atoms. The van der Waals surface area contributed by atoms with E-state index in [1.54, 1.807) is 12.7 Å². The maximum absolute atomic E-state index is 11.2. The molecule has 148 valence electrons. The number of hydrogen-bond donors (Lipinski definition) is 1. The lowest BCUT2D eigenvalue weighted by molar-refractivity contribution is -0.0267. The number of benzene rings is 1. The smallest absolute Gasteiger partial charge is 0.0921 e. The number of piperidine rings is 1. The molecule has 1 N–H and O–H groups in total. The van der Waals surface area contributed by atoms with Crippen LogP contribution < -0.4 is 0 Å². The van der Waals surface area contributed by atoms with Gasteiger partial charge in [-0.05, 0) is 49.7 Å². The van der Waals surface area contributed by atoms with Gasteiger partial charge in [0.1, 0.15) is 0 Å². The van der Waals surface area contributed by atoms with Crippen molar-refractivity contribution in [1.82, 2.24) is 4.90 Å². The second-order valence-electron chi connectivity index (χ2n) is 8.88. The van der Waals surface area contributed by atoms with E-state index in [1.165, 1.54) is 50.8 Å². The van der Waals surface area contributed by atoms with E-state index >= 15 is 0 Å². The molecule has 3 aliphatic rings. The molecule has 2 saturated carbocycles. The average Bonchev–Trinajstić information content (AvgIpc) is 2.85. The Morgan fingerprint density at radius 2 is 1.78 bits per heavy atom. The summed E-state index contributed by atoms with van der Waals surface area (Å²) in [5, 5.41) is 11.2. The lowest BCUT2D eigenvalue weighted by Gasteiger charge is -2.40. The predicted molar refractivity (Wildman–Crippen MR) is 111 cm³/mol. The molecule has 0 aromatic heterocycles. The van der Waals surface area contributed by atoms with Gasteiger partial charge in [0.25, 0.3) is 0 Å². The average molecular weight is 370 g/mol. The van der Waals surface area contributed by atoms with Crippen molar-refractivity contribution in [2.45, 2.75) is 82.0 Å². The summed E-state index contributed by atoms with van der Waals surface area (Å²) in [5.41, 5.74) is 3.16. The Kier molecular flexibility index (Phi) is 6.01. The van der Waals surface area contributed by atoms with Crippen LogP contribution in [0.2, 0.25) is 0 Å². The molecule has 2 unspecified atom stereocenters. The molecule has 1 heterocycles. The molecule has 3 heteroatoms. The number of ether oxygens (including phenoxy) is 1. The van der Waals surface area contributed by atoms with Crippen molar-refractivity contribution < 1.29 is 9.84 Å². The highest BCUT2D eigenvalue weighted by molar-refractivity contribution is 5.54. The fourth-order valence-corrected chi connectivity index (χ4v) is 5.03. The summed E-state index contributed by atoms with van der Waals surface area (Å²) >= 11 is 0. The second kappa shape index (κ2) is 8.46. The van der Waals surface area contributed by atoms with E-state index in [9.17, 15) is 5.11 Å². The lowest BCUT2D eigenvalue weighted by atomic mass is 9.85. The molecule has 1 aromatic carbocycles. The van der Waals surface area contributed by atoms with E-state index < -0.39 is 5.60 Å². The molecule has 2 aliphatic carbocycles. The summed E-state index contributed by atoms with van der Waals surface area (Å²) in [5.74, 6) is 0. The Balaban J connectivity index is 1.40. The van der Waals surface area contributed by atoms with Crippen LogP contribution in [0.3, 0.4) is 0 Å². The zero-order valence-electron chi connectivity index (χ0n) is 16.8. The molecule has 1 aliphatic heterocycles. The molecule has 3 fully saturated rings. The van der Waals surface area contributed by atoms with Crippen molar-refractivity contribution in [3.8, 4) is 0 Å². The highest BCUT2D eigenvalue weighted by Crippen LogP contribution is 2.37. The van der Waals surface area contributed by atoms with Crippen LogP contribution in [0.4, 0.5) is 0 Å². The summed E-state index contributed by atoms with van der Waals surface area (Å²) in [6.07, 6.45) is 14.0. The Morgan fingerprint density at radius 1 is 1.04 bits per heavy atom. The van der Waals surface area contributed by atoms with Crippen LogP contribution in [0.1, 0.15) is 75.3 Å². The first-order valence-corrected chi connectivity index (χ1v) is 11.0. The minimum atomic E-state index is -0.739. The van der Waals surface area contributed by atoms with Gasteiger partial charge in [0, 0.05) is 32.7 Å². The van der Waals surface area contributed by atoms with Crippen LogP contribution in [0.25, 0.3) is 6.08 Å². The normalized spacial score (nSPS) is 30.6. The van der Waals surface area contributed by atoms with E-state index in [2.05, 4.69) is 35.2 Å². The molecule has 3 nitrogen and oxygen atoms in total. The Hall–Kier alpha value is -1.16. The molecule has 1 aromatic rings. The Bertz CT molecular complexity index is 639. The van der Waals surface area contributed by atoms with Crippen molar-refractivity contribution in [3.63, 3.8) is 0 Å². The van der Waals surface area contributed by atoms with Crippen molar-refractivity contribution in [2.24, 2.45) is 0 Å². The predicted octanol–water partition coefficient (Wildman–Crippen LogP) is 4.89. The third-order valence-corrected chi connectivity index (χ3v) is 7.12. The van der Waals surface area contributed by atoms with E-state index in [0.29, 0.717) is 6.42 Å². The van der Waals surface area contributed by atoms with E-state index in [1.807, 2.05) is 0 Å². The lowest BCUT2D eigenvalue weighted by Crippen LogP contribution is -2.43. The van der Waals surface area contributed by atoms with Crippen molar-refractivity contribution in [2.75, 3.05) is 20.2 Å². The van der Waals surface area contributed by atoms with Gasteiger partial charge in [0.2, 0.25) is 0 Å². The third kappa shape index (κ3) is 4.47. The zero-order valence-corrected chi connectivity index (χ0v) is 16.8. The van der Waals surface area contributed by atoms with Gasteiger partial charge in [-0.3, -0.25) is 4.90 Å². The van der Waals surface area contributed by atoms with E-state index in [0.717, 1.165) is 37.3 Å². The maximum Gasteiger partial charge on any atom is 0.0921 e. The topological polar surface area (TPSA) is 32.7 Å². The van der Waals surface area contributed by atoms with Crippen molar-refractivity contribution in [3.05, 3.63) is 41.0 Å². The Morgan fingerprint density at radius 3 is 2.41 bits per heavy atom. The molecular formula is C24H35NO2. The minimum Gasteiger partial charge on any atom is -0.385 e. The zero-order chi connectivity index (χ0) is 18.7. The van der Waals surface area contributed by atoms with E-state index in [4.69, 9.17) is 4.74 Å². The van der Waals surface area contributed by atoms with Gasteiger partial charge < -0.3 is 9.84 Å². The highest BCUT2D eigenvalue weighted by Gasteiger charge is 2.34. The number of aliphatic hydroxyl groups is 1. The molecule has 27 heavy (non-hydrogen) atoms. The fraction of sp³-hybridized carbons (Fsp3) is 0.667. The molecular weight excluding hydrogens is 334 g/mol. The van der Waals surface area contributed by atoms with Gasteiger partial charge >= 0.3 is 0 Å². The molecule has 0 amide bonds. The van der Waals surface area contributed by atoms with Gasteiger partial charge in [-0.15, -0.1) is 0 Å². The summed E-state index contributed by atoms with van der Waals surface area (Å²) in [4.78, 5) is 2.69. The van der Waals surface area contributed by atoms with Crippen LogP contribution in [-0.2, 0) is 10.3 Å². The number of nitrogens with zero attached hydrogens (tertiary/aromatic N) is 1. The number of hydrogen-bond acceptors (Lipinski definition) is 3. The second-order valence-corrected chi connectivity index (χ2v) is 8.88. The van der Waals surface area contributed by atoms with Crippen molar-refractivity contribution in [1.29, 1.82) is 0 Å². The van der Waals surface area contributed by atoms with Gasteiger partial charge in [0.15, 0.2) is 0 Å². The summed E-state index contributed by atoms with van der Waals surface area (Å²) in [6, 6.07) is 9.51. The fourth-order valence-electron chi connectivity index (χ4n) is 5.03. The number of rotatable bonds is 4. The third-order valence-electron chi connectivity index (χ3n) is 7.12. The molecule has 1 saturated heterocycles. The van der Waals surface area contributed by atoms with Crippen LogP contribution in [0, 0.1) is 0 Å². The standard InChI is InChI=1S/C24H35NO2/c1-27-23-7-2-3-14-24(26,18-23)21-10-8-19(9-11-21)17-20-12-15-25(16-13-20)22-5-4-6-22/h8-11,17,22-23,26H,2-7,12-16,18H2,1H3. The molecule has 4 rings (SSSR count). The molecule has 0 radical (unpaired) electrons. The molecule has 2 atom stereocenters. The first-order valence-electron chi connectivity index (χ1n) is 11.0. The number of methoxy groups -OCH3 is 1.